The van der Waals surface area contributed by atoms with Gasteiger partial charge in [0.1, 0.15) is 12.4 Å². The zero-order valence-electron chi connectivity index (χ0n) is 10.2. The summed E-state index contributed by atoms with van der Waals surface area (Å²) in [7, 11) is 1.70. The SMILES string of the molecule is CNCc1ccc(F)c(COCC(F)(F)C(F)F)c1. The molecule has 0 aliphatic rings. The first kappa shape index (κ1) is 15.8. The van der Waals surface area contributed by atoms with Crippen LogP contribution in [0.3, 0.4) is 0 Å². The summed E-state index contributed by atoms with van der Waals surface area (Å²) >= 11 is 0. The van der Waals surface area contributed by atoms with E-state index in [1.54, 1.807) is 7.05 Å². The lowest BCUT2D eigenvalue weighted by Gasteiger charge is -2.15. The van der Waals surface area contributed by atoms with Crippen molar-refractivity contribution < 1.29 is 26.7 Å². The van der Waals surface area contributed by atoms with Crippen LogP contribution >= 0.6 is 0 Å². The van der Waals surface area contributed by atoms with Gasteiger partial charge in [-0.2, -0.15) is 8.78 Å². The topological polar surface area (TPSA) is 21.3 Å². The first-order valence-electron chi connectivity index (χ1n) is 5.52. The average Bonchev–Trinajstić information content (AvgIpc) is 2.33. The van der Waals surface area contributed by atoms with Gasteiger partial charge in [-0.05, 0) is 24.7 Å². The van der Waals surface area contributed by atoms with E-state index in [2.05, 4.69) is 10.1 Å². The van der Waals surface area contributed by atoms with Gasteiger partial charge in [-0.15, -0.1) is 0 Å². The van der Waals surface area contributed by atoms with E-state index in [0.29, 0.717) is 6.54 Å². The van der Waals surface area contributed by atoms with E-state index in [0.717, 1.165) is 5.56 Å². The molecule has 19 heavy (non-hydrogen) atoms. The number of nitrogens with one attached hydrogen (secondary N) is 1. The summed E-state index contributed by atoms with van der Waals surface area (Å²) in [6.45, 7) is -1.45. The van der Waals surface area contributed by atoms with Crippen molar-refractivity contribution in [1.29, 1.82) is 0 Å². The van der Waals surface area contributed by atoms with Gasteiger partial charge in [0.25, 0.3) is 0 Å². The van der Waals surface area contributed by atoms with Crippen LogP contribution in [0.5, 0.6) is 0 Å². The lowest BCUT2D eigenvalue weighted by atomic mass is 10.1. The lowest BCUT2D eigenvalue weighted by Crippen LogP contribution is -2.32. The molecule has 0 radical (unpaired) electrons. The maximum absolute atomic E-state index is 13.4. The van der Waals surface area contributed by atoms with Crippen LogP contribution in [0.15, 0.2) is 18.2 Å². The highest BCUT2D eigenvalue weighted by Crippen LogP contribution is 2.23. The first-order chi connectivity index (χ1) is 8.86. The van der Waals surface area contributed by atoms with E-state index in [4.69, 9.17) is 0 Å². The Hall–Kier alpha value is -1.21. The number of rotatable bonds is 7. The van der Waals surface area contributed by atoms with Gasteiger partial charge in [0, 0.05) is 12.1 Å². The molecule has 0 heterocycles. The van der Waals surface area contributed by atoms with Gasteiger partial charge in [0.2, 0.25) is 0 Å². The van der Waals surface area contributed by atoms with Crippen LogP contribution in [0.1, 0.15) is 11.1 Å². The van der Waals surface area contributed by atoms with E-state index >= 15 is 0 Å². The molecule has 0 aliphatic carbocycles. The summed E-state index contributed by atoms with van der Waals surface area (Å²) in [4.78, 5) is 0. The number of alkyl halides is 4. The average molecular weight is 283 g/mol. The Balaban J connectivity index is 2.60. The van der Waals surface area contributed by atoms with Crippen molar-refractivity contribution in [3.8, 4) is 0 Å². The molecule has 0 spiro atoms. The molecule has 0 unspecified atom stereocenters. The van der Waals surface area contributed by atoms with Crippen LogP contribution < -0.4 is 5.32 Å². The third-order valence-electron chi connectivity index (χ3n) is 2.36. The Kier molecular flexibility index (Phi) is 5.68. The van der Waals surface area contributed by atoms with Crippen LogP contribution in [-0.4, -0.2) is 26.0 Å². The van der Waals surface area contributed by atoms with Crippen LogP contribution in [0.2, 0.25) is 0 Å². The third-order valence-corrected chi connectivity index (χ3v) is 2.36. The molecule has 1 N–H and O–H groups in total. The minimum Gasteiger partial charge on any atom is -0.370 e. The second-order valence-corrected chi connectivity index (χ2v) is 4.01. The number of ether oxygens (including phenoxy) is 1. The van der Waals surface area contributed by atoms with Crippen molar-refractivity contribution >= 4 is 0 Å². The van der Waals surface area contributed by atoms with Gasteiger partial charge in [-0.3, -0.25) is 0 Å². The highest BCUT2D eigenvalue weighted by Gasteiger charge is 2.40. The van der Waals surface area contributed by atoms with Crippen molar-refractivity contribution in [2.45, 2.75) is 25.5 Å². The van der Waals surface area contributed by atoms with Gasteiger partial charge in [0.15, 0.2) is 0 Å². The van der Waals surface area contributed by atoms with Gasteiger partial charge < -0.3 is 10.1 Å². The maximum Gasteiger partial charge on any atom is 0.330 e. The zero-order valence-corrected chi connectivity index (χ0v) is 10.2. The van der Waals surface area contributed by atoms with Crippen molar-refractivity contribution in [2.75, 3.05) is 13.7 Å². The first-order valence-corrected chi connectivity index (χ1v) is 5.52. The second kappa shape index (κ2) is 6.81. The van der Waals surface area contributed by atoms with Gasteiger partial charge in [-0.1, -0.05) is 6.07 Å². The maximum atomic E-state index is 13.4. The van der Waals surface area contributed by atoms with Crippen LogP contribution in [0.25, 0.3) is 0 Å². The summed E-state index contributed by atoms with van der Waals surface area (Å²) in [6.07, 6.45) is -3.80. The molecule has 0 aromatic heterocycles. The fraction of sp³-hybridized carbons (Fsp3) is 0.500. The van der Waals surface area contributed by atoms with E-state index < -0.39 is 31.4 Å². The third kappa shape index (κ3) is 4.76. The fourth-order valence-electron chi connectivity index (χ4n) is 1.41. The molecule has 1 aromatic rings. The van der Waals surface area contributed by atoms with E-state index in [1.807, 2.05) is 0 Å². The quantitative estimate of drug-likeness (QED) is 0.777. The Labute approximate surface area is 107 Å². The van der Waals surface area contributed by atoms with E-state index in [1.165, 1.54) is 18.2 Å². The fourth-order valence-corrected chi connectivity index (χ4v) is 1.41. The van der Waals surface area contributed by atoms with Crippen LogP contribution in [-0.2, 0) is 17.9 Å². The molecule has 0 amide bonds. The van der Waals surface area contributed by atoms with E-state index in [9.17, 15) is 22.0 Å². The van der Waals surface area contributed by atoms with Crippen LogP contribution in [0.4, 0.5) is 22.0 Å². The van der Waals surface area contributed by atoms with Gasteiger partial charge in [-0.25, -0.2) is 13.2 Å². The second-order valence-electron chi connectivity index (χ2n) is 4.01. The Morgan fingerprint density at radius 3 is 2.58 bits per heavy atom. The molecule has 0 saturated carbocycles. The molecular formula is C12H14F5NO. The molecule has 0 bridgehead atoms. The van der Waals surface area contributed by atoms with Crippen molar-refractivity contribution in [1.82, 2.24) is 5.32 Å². The smallest absolute Gasteiger partial charge is 0.330 e. The van der Waals surface area contributed by atoms with Crippen molar-refractivity contribution in [3.63, 3.8) is 0 Å². The molecule has 2 nitrogen and oxygen atoms in total. The predicted octanol–water partition coefficient (Wildman–Crippen LogP) is 2.96. The Bertz CT molecular complexity index is 411. The molecule has 7 heteroatoms. The zero-order chi connectivity index (χ0) is 14.5. The molecule has 0 fully saturated rings. The summed E-state index contributed by atoms with van der Waals surface area (Å²) in [5.74, 6) is -4.85. The van der Waals surface area contributed by atoms with Crippen LogP contribution in [0, 0.1) is 5.82 Å². The van der Waals surface area contributed by atoms with Gasteiger partial charge in [0.05, 0.1) is 6.61 Å². The predicted molar refractivity (Wildman–Crippen MR) is 59.8 cm³/mol. The van der Waals surface area contributed by atoms with Crippen molar-refractivity contribution in [2.24, 2.45) is 0 Å². The molecule has 1 aromatic carbocycles. The monoisotopic (exact) mass is 283 g/mol. The molecule has 108 valence electrons. The van der Waals surface area contributed by atoms with E-state index in [-0.39, 0.29) is 5.56 Å². The summed E-state index contributed by atoms with van der Waals surface area (Å²) in [6, 6.07) is 4.14. The molecule has 1 rings (SSSR count). The minimum atomic E-state index is -4.22. The standard InChI is InChI=1S/C12H14F5NO/c1-18-5-8-2-3-10(13)9(4-8)6-19-7-12(16,17)11(14)15/h2-4,11,18H,5-7H2,1H3. The lowest BCUT2D eigenvalue weighted by molar-refractivity contribution is -0.168. The number of halogens is 5. The number of hydrogen-bond acceptors (Lipinski definition) is 2. The Morgan fingerprint density at radius 2 is 2.00 bits per heavy atom. The number of hydrogen-bond donors (Lipinski definition) is 1. The largest absolute Gasteiger partial charge is 0.370 e. The normalized spacial score (nSPS) is 12.2. The molecule has 0 aliphatic heterocycles. The van der Waals surface area contributed by atoms with Crippen molar-refractivity contribution in [3.05, 3.63) is 35.1 Å². The molecule has 0 atom stereocenters. The van der Waals surface area contributed by atoms with Gasteiger partial charge >= 0.3 is 12.3 Å². The number of benzene rings is 1. The highest BCUT2D eigenvalue weighted by atomic mass is 19.3. The molecule has 0 saturated heterocycles. The molecular weight excluding hydrogens is 269 g/mol. The minimum absolute atomic E-state index is 0.0535. The Morgan fingerprint density at radius 1 is 1.32 bits per heavy atom. The highest BCUT2D eigenvalue weighted by molar-refractivity contribution is 5.24. The summed E-state index contributed by atoms with van der Waals surface area (Å²) < 4.78 is 66.7. The summed E-state index contributed by atoms with van der Waals surface area (Å²) in [5, 5.41) is 2.84. The summed E-state index contributed by atoms with van der Waals surface area (Å²) in [5.41, 5.74) is 0.793.